The van der Waals surface area contributed by atoms with Crippen molar-refractivity contribution >= 4 is 22.7 Å². The van der Waals surface area contributed by atoms with Crippen molar-refractivity contribution < 1.29 is 14.0 Å². The summed E-state index contributed by atoms with van der Waals surface area (Å²) >= 11 is 0. The Bertz CT molecular complexity index is 872. The molecule has 3 atom stereocenters. The van der Waals surface area contributed by atoms with Crippen molar-refractivity contribution in [3.63, 3.8) is 0 Å². The van der Waals surface area contributed by atoms with Gasteiger partial charge in [0, 0.05) is 6.61 Å². The molecule has 1 aromatic rings. The van der Waals surface area contributed by atoms with Gasteiger partial charge in [0.15, 0.2) is 16.6 Å². The van der Waals surface area contributed by atoms with Crippen LogP contribution in [0.4, 0.5) is 0 Å². The molecule has 5 heteroatoms. The van der Waals surface area contributed by atoms with Gasteiger partial charge in [-0.3, -0.25) is 0 Å². The molecule has 0 amide bonds. The van der Waals surface area contributed by atoms with Gasteiger partial charge in [0.1, 0.15) is 0 Å². The van der Waals surface area contributed by atoms with Crippen molar-refractivity contribution in [1.29, 1.82) is 0 Å². The molecule has 0 aliphatic carbocycles. The van der Waals surface area contributed by atoms with Crippen molar-refractivity contribution in [2.45, 2.75) is 148 Å². The molecule has 0 aliphatic rings. The number of aliphatic hydroxyl groups is 1. The van der Waals surface area contributed by atoms with E-state index in [1.807, 2.05) is 13.0 Å². The molecule has 1 unspecified atom stereocenters. The molecule has 0 aromatic heterocycles. The molecule has 40 heavy (non-hydrogen) atoms. The Morgan fingerprint density at radius 2 is 1.40 bits per heavy atom. The van der Waals surface area contributed by atoms with E-state index in [2.05, 4.69) is 119 Å². The molecule has 0 spiro atoms. The summed E-state index contributed by atoms with van der Waals surface area (Å²) in [7, 11) is -3.88. The third kappa shape index (κ3) is 9.52. The van der Waals surface area contributed by atoms with E-state index in [1.165, 1.54) is 0 Å². The Hall–Kier alpha value is -0.986. The number of hydrogen-bond acceptors (Lipinski definition) is 3. The van der Waals surface area contributed by atoms with Gasteiger partial charge in [-0.05, 0) is 79.3 Å². The van der Waals surface area contributed by atoms with Gasteiger partial charge in [0.05, 0.1) is 11.2 Å². The largest absolute Gasteiger partial charge is 0.416 e. The number of rotatable bonds is 19. The van der Waals surface area contributed by atoms with Crippen LogP contribution in [0.1, 0.15) is 108 Å². The van der Waals surface area contributed by atoms with Gasteiger partial charge in [0.2, 0.25) is 0 Å². The van der Waals surface area contributed by atoms with E-state index in [1.54, 1.807) is 0 Å². The van der Waals surface area contributed by atoms with Crippen LogP contribution in [0, 0.1) is 5.92 Å². The van der Waals surface area contributed by atoms with Gasteiger partial charge >= 0.3 is 0 Å². The van der Waals surface area contributed by atoms with Crippen LogP contribution >= 0.6 is 0 Å². The van der Waals surface area contributed by atoms with Crippen LogP contribution in [0.15, 0.2) is 48.6 Å². The highest BCUT2D eigenvalue weighted by Crippen LogP contribution is 2.43. The van der Waals surface area contributed by atoms with Crippen LogP contribution in [0.3, 0.4) is 0 Å². The van der Waals surface area contributed by atoms with Crippen LogP contribution < -0.4 is 0 Å². The first-order valence-corrected chi connectivity index (χ1v) is 20.7. The van der Waals surface area contributed by atoms with Crippen LogP contribution in [0.5, 0.6) is 0 Å². The maximum atomic E-state index is 12.1. The smallest absolute Gasteiger partial charge is 0.200 e. The van der Waals surface area contributed by atoms with E-state index in [0.29, 0.717) is 35.4 Å². The highest BCUT2D eigenvalue weighted by atomic mass is 28.4. The highest BCUT2D eigenvalue weighted by Gasteiger charge is 2.49. The van der Waals surface area contributed by atoms with E-state index in [9.17, 15) is 5.11 Å². The monoisotopic (exact) mass is 588 g/mol. The topological polar surface area (TPSA) is 38.7 Å². The zero-order chi connectivity index (χ0) is 30.8. The van der Waals surface area contributed by atoms with Gasteiger partial charge in [-0.25, -0.2) is 0 Å². The average molecular weight is 589 g/mol. The average Bonchev–Trinajstić information content (AvgIpc) is 2.87. The predicted molar refractivity (Wildman–Crippen MR) is 182 cm³/mol. The van der Waals surface area contributed by atoms with Crippen molar-refractivity contribution in [1.82, 2.24) is 0 Å². The van der Waals surface area contributed by atoms with E-state index in [4.69, 9.17) is 8.85 Å². The summed E-state index contributed by atoms with van der Waals surface area (Å²) in [6.07, 6.45) is 6.35. The van der Waals surface area contributed by atoms with Crippen molar-refractivity contribution in [2.24, 2.45) is 5.92 Å². The molecule has 0 fully saturated rings. The molecule has 0 heterocycles. The fourth-order valence-corrected chi connectivity index (χ4v) is 15.6. The highest BCUT2D eigenvalue weighted by molar-refractivity contribution is 6.77. The Kier molecular flexibility index (Phi) is 14.8. The molecule has 230 valence electrons. The molecule has 3 nitrogen and oxygen atoms in total. The lowest BCUT2D eigenvalue weighted by Gasteiger charge is -2.48. The second kappa shape index (κ2) is 16.0. The third-order valence-corrected chi connectivity index (χ3v) is 20.5. The van der Waals surface area contributed by atoms with E-state index in [-0.39, 0.29) is 0 Å². The summed E-state index contributed by atoms with van der Waals surface area (Å²) < 4.78 is 14.0. The first-order chi connectivity index (χ1) is 18.5. The zero-order valence-corrected chi connectivity index (χ0v) is 30.3. The zero-order valence-electron chi connectivity index (χ0n) is 28.3. The molecule has 1 rings (SSSR count). The molecule has 1 N–H and O–H groups in total. The fraction of sp³-hybridized carbons (Fsp3) is 0.714. The SMILES string of the molecule is C=C(C[C@@H](C)CO[Si](C(C)C)(C(C)C)C(C)C)CC(C)(O)[C@@](C)(C/C=C/c1ccccc1)O[Si](CC)(CC)CC. The van der Waals surface area contributed by atoms with Gasteiger partial charge in [0.25, 0.3) is 0 Å². The summed E-state index contributed by atoms with van der Waals surface area (Å²) in [4.78, 5) is 0. The lowest BCUT2D eigenvalue weighted by atomic mass is 9.78. The first kappa shape index (κ1) is 37.0. The molecule has 0 radical (unpaired) electrons. The number of benzene rings is 1. The van der Waals surface area contributed by atoms with Gasteiger partial charge in [-0.15, -0.1) is 0 Å². The summed E-state index contributed by atoms with van der Waals surface area (Å²) in [5.74, 6) is 0.354. The second-order valence-electron chi connectivity index (χ2n) is 13.7. The third-order valence-electron chi connectivity index (χ3n) is 9.69. The molecule has 0 saturated heterocycles. The molecule has 0 aliphatic heterocycles. The second-order valence-corrected chi connectivity index (χ2v) is 23.9. The summed E-state index contributed by atoms with van der Waals surface area (Å²) in [6, 6.07) is 13.5. The molecule has 0 bridgehead atoms. The summed E-state index contributed by atoms with van der Waals surface area (Å²) in [5, 5.41) is 12.1. The minimum absolute atomic E-state index is 0.354. The molecule has 0 saturated carbocycles. The Morgan fingerprint density at radius 1 is 0.900 bits per heavy atom. The van der Waals surface area contributed by atoms with Gasteiger partial charge < -0.3 is 14.0 Å². The predicted octanol–water partition coefficient (Wildman–Crippen LogP) is 10.8. The standard InChI is InChI=1S/C35H64O3Si2/c1-14-39(15-2,16-3)38-35(13,24-20-23-33-21-18-17-19-22-33)34(12,36)26-31(10)25-32(11)27-37-40(28(4)5,29(6)7)30(8)9/h17-23,28-30,32,36H,10,14-16,24-27H2,1-9,11-13H3/b23-20+/t32-,34?,35-/m1/s1. The van der Waals surface area contributed by atoms with Crippen LogP contribution in [-0.4, -0.2) is 39.6 Å². The van der Waals surface area contributed by atoms with Gasteiger partial charge in [-0.2, -0.15) is 0 Å². The minimum atomic E-state index is -1.98. The lowest BCUT2D eigenvalue weighted by Crippen LogP contribution is -2.58. The number of hydrogen-bond donors (Lipinski definition) is 1. The normalized spacial score (nSPS) is 17.0. The van der Waals surface area contributed by atoms with Crippen LogP contribution in [0.25, 0.3) is 6.08 Å². The molecular weight excluding hydrogens is 525 g/mol. The van der Waals surface area contributed by atoms with E-state index < -0.39 is 27.8 Å². The minimum Gasteiger partial charge on any atom is -0.416 e. The lowest BCUT2D eigenvalue weighted by molar-refractivity contribution is -0.118. The van der Waals surface area contributed by atoms with Crippen LogP contribution in [-0.2, 0) is 8.85 Å². The molecule has 1 aromatic carbocycles. The van der Waals surface area contributed by atoms with Crippen molar-refractivity contribution in [2.75, 3.05) is 6.61 Å². The maximum absolute atomic E-state index is 12.1. The van der Waals surface area contributed by atoms with Gasteiger partial charge in [-0.1, -0.05) is 124 Å². The van der Waals surface area contributed by atoms with Crippen LogP contribution in [0.2, 0.25) is 34.8 Å². The maximum Gasteiger partial charge on any atom is 0.200 e. The van der Waals surface area contributed by atoms with E-state index in [0.717, 1.165) is 42.3 Å². The van der Waals surface area contributed by atoms with E-state index >= 15 is 0 Å². The van der Waals surface area contributed by atoms with Crippen molar-refractivity contribution in [3.8, 4) is 0 Å². The fourth-order valence-electron chi connectivity index (χ4n) is 6.88. The Balaban J connectivity index is 3.10. The Morgan fingerprint density at radius 3 is 1.85 bits per heavy atom. The first-order valence-electron chi connectivity index (χ1n) is 16.0. The van der Waals surface area contributed by atoms with Crippen molar-refractivity contribution in [3.05, 3.63) is 54.1 Å². The quantitative estimate of drug-likeness (QED) is 0.129. The molecular formula is C35H64O3Si2. The Labute approximate surface area is 251 Å². The summed E-state index contributed by atoms with van der Waals surface area (Å²) in [5.41, 5.74) is 2.21. The summed E-state index contributed by atoms with van der Waals surface area (Å²) in [6.45, 7) is 32.4.